The van der Waals surface area contributed by atoms with Gasteiger partial charge in [-0.3, -0.25) is 0 Å². The summed E-state index contributed by atoms with van der Waals surface area (Å²) in [6.45, 7) is 8.28. The van der Waals surface area contributed by atoms with Crippen LogP contribution >= 0.6 is 11.6 Å². The predicted molar refractivity (Wildman–Crippen MR) is 81.6 cm³/mol. The van der Waals surface area contributed by atoms with Crippen LogP contribution in [0.5, 0.6) is 0 Å². The first kappa shape index (κ1) is 14.4. The Morgan fingerprint density at radius 1 is 1.20 bits per heavy atom. The highest BCUT2D eigenvalue weighted by molar-refractivity contribution is 6.62. The Bertz CT molecular complexity index is 513. The van der Waals surface area contributed by atoms with Gasteiger partial charge in [0.25, 0.3) is 0 Å². The van der Waals surface area contributed by atoms with Crippen molar-refractivity contribution in [3.05, 3.63) is 23.0 Å². The number of pyridine rings is 1. The van der Waals surface area contributed by atoms with E-state index in [0.29, 0.717) is 11.1 Å². The van der Waals surface area contributed by atoms with Crippen molar-refractivity contribution in [2.24, 2.45) is 0 Å². The van der Waals surface area contributed by atoms with Crippen molar-refractivity contribution in [1.29, 1.82) is 0 Å². The molecule has 0 spiro atoms. The van der Waals surface area contributed by atoms with Gasteiger partial charge in [0, 0.05) is 11.7 Å². The fourth-order valence-electron chi connectivity index (χ4n) is 2.69. The zero-order chi connectivity index (χ0) is 14.5. The average molecular weight is 294 g/mol. The molecule has 108 valence electrons. The minimum absolute atomic E-state index is 0.325. The minimum atomic E-state index is -0.347. The quantitative estimate of drug-likeness (QED) is 0.619. The Balaban J connectivity index is 1.95. The number of hydrogen-bond acceptors (Lipinski definition) is 3. The molecule has 0 atom stereocenters. The second-order valence-corrected chi connectivity index (χ2v) is 7.24. The van der Waals surface area contributed by atoms with E-state index in [0.717, 1.165) is 5.46 Å². The summed E-state index contributed by atoms with van der Waals surface area (Å²) >= 11 is 6.07. The van der Waals surface area contributed by atoms with Crippen molar-refractivity contribution >= 4 is 24.2 Å². The van der Waals surface area contributed by atoms with Crippen molar-refractivity contribution in [3.63, 3.8) is 0 Å². The van der Waals surface area contributed by atoms with E-state index in [1.54, 1.807) is 0 Å². The SMILES string of the molecule is CC1(C)OB(c2cnc(Cl)cc2C2CCC2)OC1(C)C. The van der Waals surface area contributed by atoms with Crippen LogP contribution in [-0.4, -0.2) is 23.3 Å². The van der Waals surface area contributed by atoms with Crippen LogP contribution in [0.2, 0.25) is 5.15 Å². The number of nitrogens with zero attached hydrogens (tertiary/aromatic N) is 1. The second kappa shape index (κ2) is 4.72. The standard InChI is InChI=1S/C15H21BClNO2/c1-14(2)15(3,4)20-16(19-14)12-9-18-13(17)8-11(12)10-6-5-7-10/h8-10H,5-7H2,1-4H3. The fourth-order valence-corrected chi connectivity index (χ4v) is 2.86. The zero-order valence-electron chi connectivity index (χ0n) is 12.6. The molecule has 2 fully saturated rings. The molecule has 1 aromatic rings. The molecule has 1 saturated carbocycles. The smallest absolute Gasteiger partial charge is 0.399 e. The van der Waals surface area contributed by atoms with E-state index in [2.05, 4.69) is 32.7 Å². The molecular formula is C15H21BClNO2. The first-order valence-electron chi connectivity index (χ1n) is 7.31. The summed E-state index contributed by atoms with van der Waals surface area (Å²) in [5.74, 6) is 0.574. The molecular weight excluding hydrogens is 272 g/mol. The molecule has 3 rings (SSSR count). The third-order valence-electron chi connectivity index (χ3n) is 4.99. The Labute approximate surface area is 126 Å². The maximum absolute atomic E-state index is 6.14. The lowest BCUT2D eigenvalue weighted by Gasteiger charge is -2.32. The molecule has 2 heterocycles. The van der Waals surface area contributed by atoms with Gasteiger partial charge in [-0.2, -0.15) is 0 Å². The third kappa shape index (κ3) is 2.28. The van der Waals surface area contributed by atoms with Crippen LogP contribution in [0.1, 0.15) is 58.4 Å². The van der Waals surface area contributed by atoms with E-state index in [4.69, 9.17) is 20.9 Å². The Hall–Kier alpha value is -0.575. The predicted octanol–water partition coefficient (Wildman–Crippen LogP) is 3.30. The average Bonchev–Trinajstić information content (AvgIpc) is 2.45. The highest BCUT2D eigenvalue weighted by Crippen LogP contribution is 2.39. The topological polar surface area (TPSA) is 31.4 Å². The van der Waals surface area contributed by atoms with Gasteiger partial charge in [-0.1, -0.05) is 18.0 Å². The number of hydrogen-bond donors (Lipinski definition) is 0. The molecule has 0 bridgehead atoms. The summed E-state index contributed by atoms with van der Waals surface area (Å²) in [5, 5.41) is 0.548. The van der Waals surface area contributed by atoms with E-state index in [9.17, 15) is 0 Å². The van der Waals surface area contributed by atoms with E-state index >= 15 is 0 Å². The molecule has 20 heavy (non-hydrogen) atoms. The summed E-state index contributed by atoms with van der Waals surface area (Å²) in [6.07, 6.45) is 5.53. The molecule has 0 aromatic carbocycles. The van der Waals surface area contributed by atoms with Crippen molar-refractivity contribution in [2.75, 3.05) is 0 Å². The van der Waals surface area contributed by atoms with E-state index in [1.165, 1.54) is 24.8 Å². The molecule has 1 aromatic heterocycles. The van der Waals surface area contributed by atoms with Crippen LogP contribution < -0.4 is 5.46 Å². The maximum atomic E-state index is 6.14. The van der Waals surface area contributed by atoms with Crippen LogP contribution in [0.3, 0.4) is 0 Å². The van der Waals surface area contributed by atoms with Crippen molar-refractivity contribution in [3.8, 4) is 0 Å². The van der Waals surface area contributed by atoms with Crippen molar-refractivity contribution < 1.29 is 9.31 Å². The van der Waals surface area contributed by atoms with Gasteiger partial charge in [0.15, 0.2) is 0 Å². The second-order valence-electron chi connectivity index (χ2n) is 6.85. The van der Waals surface area contributed by atoms with Gasteiger partial charge in [0.2, 0.25) is 0 Å². The molecule has 5 heteroatoms. The largest absolute Gasteiger partial charge is 0.496 e. The normalized spacial score (nSPS) is 24.8. The molecule has 0 N–H and O–H groups in total. The summed E-state index contributed by atoms with van der Waals surface area (Å²) in [4.78, 5) is 4.23. The molecule has 0 radical (unpaired) electrons. The van der Waals surface area contributed by atoms with E-state index in [-0.39, 0.29) is 18.3 Å². The summed E-state index contributed by atoms with van der Waals surface area (Å²) in [5.41, 5.74) is 1.63. The lowest BCUT2D eigenvalue weighted by molar-refractivity contribution is 0.00578. The monoisotopic (exact) mass is 293 g/mol. The zero-order valence-corrected chi connectivity index (χ0v) is 13.3. The number of aromatic nitrogens is 1. The van der Waals surface area contributed by atoms with Crippen molar-refractivity contribution in [1.82, 2.24) is 4.98 Å². The van der Waals surface area contributed by atoms with Crippen LogP contribution in [0, 0.1) is 0 Å². The van der Waals surface area contributed by atoms with E-state index in [1.807, 2.05) is 12.3 Å². The van der Waals surface area contributed by atoms with Gasteiger partial charge in [0.05, 0.1) is 11.2 Å². The fraction of sp³-hybridized carbons (Fsp3) is 0.667. The van der Waals surface area contributed by atoms with Crippen LogP contribution in [0.25, 0.3) is 0 Å². The highest BCUT2D eigenvalue weighted by Gasteiger charge is 2.52. The molecule has 2 aliphatic rings. The van der Waals surface area contributed by atoms with Crippen LogP contribution in [0.4, 0.5) is 0 Å². The first-order valence-corrected chi connectivity index (χ1v) is 7.69. The van der Waals surface area contributed by atoms with Gasteiger partial charge in [-0.15, -0.1) is 0 Å². The van der Waals surface area contributed by atoms with Crippen molar-refractivity contribution in [2.45, 2.75) is 64.1 Å². The third-order valence-corrected chi connectivity index (χ3v) is 5.19. The number of rotatable bonds is 2. The van der Waals surface area contributed by atoms with Gasteiger partial charge in [-0.25, -0.2) is 4.98 Å². The maximum Gasteiger partial charge on any atom is 0.496 e. The van der Waals surface area contributed by atoms with Crippen LogP contribution in [0.15, 0.2) is 12.3 Å². The lowest BCUT2D eigenvalue weighted by Crippen LogP contribution is -2.41. The summed E-state index contributed by atoms with van der Waals surface area (Å²) in [7, 11) is -0.347. The van der Waals surface area contributed by atoms with Gasteiger partial charge in [-0.05, 0) is 58.1 Å². The minimum Gasteiger partial charge on any atom is -0.399 e. The van der Waals surface area contributed by atoms with Gasteiger partial charge < -0.3 is 9.31 Å². The van der Waals surface area contributed by atoms with Gasteiger partial charge >= 0.3 is 7.12 Å². The molecule has 1 saturated heterocycles. The molecule has 0 unspecified atom stereocenters. The molecule has 1 aliphatic carbocycles. The molecule has 3 nitrogen and oxygen atoms in total. The van der Waals surface area contributed by atoms with Gasteiger partial charge in [0.1, 0.15) is 5.15 Å². The Morgan fingerprint density at radius 3 is 2.30 bits per heavy atom. The van der Waals surface area contributed by atoms with Crippen LogP contribution in [-0.2, 0) is 9.31 Å². The first-order chi connectivity index (χ1) is 9.30. The molecule has 0 amide bonds. The van der Waals surface area contributed by atoms with E-state index < -0.39 is 0 Å². The molecule has 1 aliphatic heterocycles. The number of halogens is 1. The highest BCUT2D eigenvalue weighted by atomic mass is 35.5. The summed E-state index contributed by atoms with van der Waals surface area (Å²) in [6, 6.07) is 1.98. The Morgan fingerprint density at radius 2 is 1.80 bits per heavy atom. The Kier molecular flexibility index (Phi) is 3.39. The lowest BCUT2D eigenvalue weighted by atomic mass is 9.69. The summed E-state index contributed by atoms with van der Waals surface area (Å²) < 4.78 is 12.3.